The fraction of sp³-hybridized carbons (Fsp3) is 0.222. The first-order valence-corrected chi connectivity index (χ1v) is 3.70. The minimum absolute atomic E-state index is 0.600. The molecule has 1 rings (SSSR count). The minimum Gasteiger partial charge on any atom is -0.481 e. The number of nitrogens with zero attached hydrogens (tertiary/aromatic N) is 1. The lowest BCUT2D eigenvalue weighted by Crippen LogP contribution is -1.96. The van der Waals surface area contributed by atoms with Crippen molar-refractivity contribution in [2.45, 2.75) is 6.92 Å². The van der Waals surface area contributed by atoms with Crippen molar-refractivity contribution in [1.29, 1.82) is 0 Å². The Balaban J connectivity index is 2.92. The van der Waals surface area contributed by atoms with Crippen LogP contribution in [0.4, 0.5) is 0 Å². The second-order valence-corrected chi connectivity index (χ2v) is 2.33. The number of methoxy groups -OCH3 is 1. The van der Waals surface area contributed by atoms with E-state index in [1.807, 2.05) is 19.1 Å². The molecule has 0 aliphatic carbocycles. The van der Waals surface area contributed by atoms with Gasteiger partial charge < -0.3 is 10.5 Å². The van der Waals surface area contributed by atoms with Crippen LogP contribution in [0.3, 0.4) is 0 Å². The van der Waals surface area contributed by atoms with Crippen molar-refractivity contribution in [3.05, 3.63) is 30.0 Å². The number of pyridine rings is 1. The van der Waals surface area contributed by atoms with Gasteiger partial charge in [-0.05, 0) is 13.0 Å². The quantitative estimate of drug-likeness (QED) is 0.718. The predicted octanol–water partition coefficient (Wildman–Crippen LogP) is 1.41. The summed E-state index contributed by atoms with van der Waals surface area (Å²) in [6, 6.07) is 3.66. The molecule has 64 valence electrons. The highest BCUT2D eigenvalue weighted by atomic mass is 16.5. The van der Waals surface area contributed by atoms with Gasteiger partial charge in [-0.1, -0.05) is 6.08 Å². The first-order chi connectivity index (χ1) is 5.77. The topological polar surface area (TPSA) is 48.1 Å². The number of hydrogen-bond acceptors (Lipinski definition) is 3. The SMILES string of the molecule is C/C=C(/N)c1ccc(OC)nc1. The molecular formula is C9H12N2O. The van der Waals surface area contributed by atoms with E-state index >= 15 is 0 Å². The maximum Gasteiger partial charge on any atom is 0.212 e. The predicted molar refractivity (Wildman–Crippen MR) is 48.6 cm³/mol. The highest BCUT2D eigenvalue weighted by Crippen LogP contribution is 2.11. The van der Waals surface area contributed by atoms with Crippen molar-refractivity contribution in [1.82, 2.24) is 4.98 Å². The second kappa shape index (κ2) is 3.76. The number of allylic oxidation sites excluding steroid dienone is 1. The third kappa shape index (κ3) is 1.75. The lowest BCUT2D eigenvalue weighted by molar-refractivity contribution is 0.398. The largest absolute Gasteiger partial charge is 0.481 e. The molecule has 3 nitrogen and oxygen atoms in total. The third-order valence-electron chi connectivity index (χ3n) is 1.59. The van der Waals surface area contributed by atoms with E-state index in [1.54, 1.807) is 19.4 Å². The summed E-state index contributed by atoms with van der Waals surface area (Å²) in [4.78, 5) is 4.02. The average molecular weight is 164 g/mol. The zero-order chi connectivity index (χ0) is 8.97. The molecule has 12 heavy (non-hydrogen) atoms. The van der Waals surface area contributed by atoms with Crippen molar-refractivity contribution in [3.63, 3.8) is 0 Å². The van der Waals surface area contributed by atoms with Crippen molar-refractivity contribution < 1.29 is 4.74 Å². The Hall–Kier alpha value is -1.51. The molecule has 0 unspecified atom stereocenters. The second-order valence-electron chi connectivity index (χ2n) is 2.33. The van der Waals surface area contributed by atoms with Crippen molar-refractivity contribution in [3.8, 4) is 5.88 Å². The van der Waals surface area contributed by atoms with Crippen LogP contribution in [0.2, 0.25) is 0 Å². The molecule has 1 aromatic heterocycles. The van der Waals surface area contributed by atoms with Crippen LogP contribution in [0.5, 0.6) is 5.88 Å². The van der Waals surface area contributed by atoms with Gasteiger partial charge in [0.25, 0.3) is 0 Å². The molecule has 0 saturated carbocycles. The zero-order valence-electron chi connectivity index (χ0n) is 7.24. The molecule has 2 N–H and O–H groups in total. The van der Waals surface area contributed by atoms with Crippen LogP contribution < -0.4 is 10.5 Å². The summed E-state index contributed by atoms with van der Waals surface area (Å²) in [5.41, 5.74) is 7.31. The minimum atomic E-state index is 0.600. The average Bonchev–Trinajstić information content (AvgIpc) is 2.17. The van der Waals surface area contributed by atoms with Crippen molar-refractivity contribution in [2.75, 3.05) is 7.11 Å². The van der Waals surface area contributed by atoms with E-state index in [1.165, 1.54) is 0 Å². The number of hydrogen-bond donors (Lipinski definition) is 1. The van der Waals surface area contributed by atoms with Crippen LogP contribution in [-0.2, 0) is 0 Å². The Labute approximate surface area is 71.9 Å². The standard InChI is InChI=1S/C9H12N2O/c1-3-8(10)7-4-5-9(12-2)11-6-7/h3-6H,10H2,1-2H3/b8-3+. The summed E-state index contributed by atoms with van der Waals surface area (Å²) in [5.74, 6) is 0.600. The molecule has 1 heterocycles. The molecule has 0 bridgehead atoms. The van der Waals surface area contributed by atoms with Crippen LogP contribution in [0.15, 0.2) is 24.4 Å². The molecule has 0 aromatic carbocycles. The Bertz CT molecular complexity index is 277. The Morgan fingerprint density at radius 2 is 2.33 bits per heavy atom. The summed E-state index contributed by atoms with van der Waals surface area (Å²) >= 11 is 0. The molecule has 0 saturated heterocycles. The monoisotopic (exact) mass is 164 g/mol. The van der Waals surface area contributed by atoms with Gasteiger partial charge in [0, 0.05) is 23.5 Å². The van der Waals surface area contributed by atoms with Crippen LogP contribution in [0, 0.1) is 0 Å². The van der Waals surface area contributed by atoms with Crippen LogP contribution in [-0.4, -0.2) is 12.1 Å². The molecule has 1 aromatic rings. The number of ether oxygens (including phenoxy) is 1. The summed E-state index contributed by atoms with van der Waals surface area (Å²) in [7, 11) is 1.58. The highest BCUT2D eigenvalue weighted by molar-refractivity contribution is 5.61. The van der Waals surface area contributed by atoms with E-state index in [2.05, 4.69) is 4.98 Å². The molecule has 3 heteroatoms. The van der Waals surface area contributed by atoms with Gasteiger partial charge in [-0.2, -0.15) is 0 Å². The van der Waals surface area contributed by atoms with Crippen molar-refractivity contribution >= 4 is 5.70 Å². The fourth-order valence-electron chi connectivity index (χ4n) is 0.838. The lowest BCUT2D eigenvalue weighted by Gasteiger charge is -2.01. The van der Waals surface area contributed by atoms with Gasteiger partial charge >= 0.3 is 0 Å². The summed E-state index contributed by atoms with van der Waals surface area (Å²) in [5, 5.41) is 0. The summed E-state index contributed by atoms with van der Waals surface area (Å²) in [6.07, 6.45) is 3.53. The highest BCUT2D eigenvalue weighted by Gasteiger charge is 1.96. The van der Waals surface area contributed by atoms with Crippen LogP contribution in [0.25, 0.3) is 5.70 Å². The molecule has 0 aliphatic rings. The lowest BCUT2D eigenvalue weighted by atomic mass is 10.2. The zero-order valence-corrected chi connectivity index (χ0v) is 7.24. The van der Waals surface area contributed by atoms with E-state index in [4.69, 9.17) is 10.5 Å². The Morgan fingerprint density at radius 1 is 1.58 bits per heavy atom. The van der Waals surface area contributed by atoms with Crippen molar-refractivity contribution in [2.24, 2.45) is 5.73 Å². The van der Waals surface area contributed by atoms with E-state index in [9.17, 15) is 0 Å². The van der Waals surface area contributed by atoms with E-state index < -0.39 is 0 Å². The maximum absolute atomic E-state index is 5.67. The van der Waals surface area contributed by atoms with E-state index in [0.29, 0.717) is 5.88 Å². The third-order valence-corrected chi connectivity index (χ3v) is 1.59. The number of rotatable bonds is 2. The van der Waals surface area contributed by atoms with Crippen LogP contribution in [0.1, 0.15) is 12.5 Å². The smallest absolute Gasteiger partial charge is 0.212 e. The van der Waals surface area contributed by atoms with Gasteiger partial charge in [-0.15, -0.1) is 0 Å². The number of nitrogens with two attached hydrogens (primary N) is 1. The first-order valence-electron chi connectivity index (χ1n) is 3.70. The summed E-state index contributed by atoms with van der Waals surface area (Å²) < 4.78 is 4.91. The van der Waals surface area contributed by atoms with Gasteiger partial charge in [0.2, 0.25) is 5.88 Å². The molecule has 0 aliphatic heterocycles. The molecule has 0 amide bonds. The maximum atomic E-state index is 5.67. The molecule has 0 fully saturated rings. The molecule has 0 atom stereocenters. The molecular weight excluding hydrogens is 152 g/mol. The van der Waals surface area contributed by atoms with Gasteiger partial charge in [0.1, 0.15) is 0 Å². The summed E-state index contributed by atoms with van der Waals surface area (Å²) in [6.45, 7) is 1.89. The van der Waals surface area contributed by atoms with Gasteiger partial charge in [0.05, 0.1) is 7.11 Å². The van der Waals surface area contributed by atoms with Crippen LogP contribution >= 0.6 is 0 Å². The molecule has 0 radical (unpaired) electrons. The Morgan fingerprint density at radius 3 is 2.75 bits per heavy atom. The fourth-order valence-corrected chi connectivity index (χ4v) is 0.838. The Kier molecular flexibility index (Phi) is 2.69. The molecule has 0 spiro atoms. The van der Waals surface area contributed by atoms with E-state index in [-0.39, 0.29) is 0 Å². The van der Waals surface area contributed by atoms with Gasteiger partial charge in [-0.25, -0.2) is 4.98 Å². The normalized spacial score (nSPS) is 11.3. The van der Waals surface area contributed by atoms with E-state index in [0.717, 1.165) is 11.3 Å². The van der Waals surface area contributed by atoms with Gasteiger partial charge in [-0.3, -0.25) is 0 Å². The first kappa shape index (κ1) is 8.59. The van der Waals surface area contributed by atoms with Gasteiger partial charge in [0.15, 0.2) is 0 Å². The number of aromatic nitrogens is 1.